The number of rotatable bonds is 4. The molecule has 1 aliphatic heterocycles. The van der Waals surface area contributed by atoms with Crippen LogP contribution in [-0.2, 0) is 0 Å². The van der Waals surface area contributed by atoms with Crippen molar-refractivity contribution >= 4 is 56.4 Å². The number of thiophene rings is 1. The highest BCUT2D eigenvalue weighted by Gasteiger charge is 2.48. The molecule has 0 aliphatic carbocycles. The molecule has 0 bridgehead atoms. The summed E-state index contributed by atoms with van der Waals surface area (Å²) in [6.07, 6.45) is -2.84. The number of hydrogen-bond donors (Lipinski definition) is 2. The van der Waals surface area contributed by atoms with Crippen molar-refractivity contribution in [3.05, 3.63) is 56.8 Å². The fourth-order valence-electron chi connectivity index (χ4n) is 3.34. The number of fused-ring (bicyclic) bond motifs is 1. The molecule has 0 unspecified atom stereocenters. The third-order valence-corrected chi connectivity index (χ3v) is 7.29. The van der Waals surface area contributed by atoms with E-state index in [1.54, 1.807) is 24.3 Å². The molecule has 3 heterocycles. The minimum Gasteiger partial charge on any atom is -0.362 e. The van der Waals surface area contributed by atoms with Crippen molar-refractivity contribution in [3.63, 3.8) is 0 Å². The molecule has 0 saturated carbocycles. The molecule has 0 spiro atoms. The average Bonchev–Trinajstić information content (AvgIpc) is 3.35. The van der Waals surface area contributed by atoms with Crippen LogP contribution in [0.4, 0.5) is 24.7 Å². The number of thioether (sulfide) groups is 1. The van der Waals surface area contributed by atoms with E-state index < -0.39 is 24.2 Å². The number of hydrogen-bond acceptors (Lipinski definition) is 5. The Bertz CT molecular complexity index is 1070. The first-order valence-electron chi connectivity index (χ1n) is 8.88. The van der Waals surface area contributed by atoms with Crippen LogP contribution in [0.2, 0.25) is 0 Å². The Kier molecular flexibility index (Phi) is 5.86. The molecule has 5 nitrogen and oxygen atoms in total. The summed E-state index contributed by atoms with van der Waals surface area (Å²) in [5.74, 6) is -0.439. The van der Waals surface area contributed by atoms with E-state index in [0.717, 1.165) is 14.5 Å². The van der Waals surface area contributed by atoms with Gasteiger partial charge in [0.25, 0.3) is 5.91 Å². The molecule has 1 aliphatic rings. The van der Waals surface area contributed by atoms with Crippen molar-refractivity contribution < 1.29 is 18.0 Å². The fraction of sp³-hybridized carbons (Fsp3) is 0.263. The number of halogens is 4. The first-order valence-corrected chi connectivity index (χ1v) is 11.8. The highest BCUT2D eigenvalue weighted by atomic mass is 79.9. The van der Waals surface area contributed by atoms with Crippen LogP contribution in [0.1, 0.15) is 33.9 Å². The molecule has 11 heteroatoms. The normalized spacial score (nSPS) is 18.6. The number of alkyl halides is 3. The second kappa shape index (κ2) is 8.27. The molecule has 2 atom stereocenters. The maximum atomic E-state index is 13.8. The molecule has 2 aromatic heterocycles. The molecular formula is C19H16BrF3N4OS2. The molecule has 158 valence electrons. The van der Waals surface area contributed by atoms with Crippen LogP contribution >= 0.6 is 39.0 Å². The number of nitrogens with one attached hydrogen (secondary N) is 2. The quantitative estimate of drug-likeness (QED) is 0.397. The number of carbonyl (C=O) groups is 1. The Hall–Kier alpha value is -1.98. The second-order valence-electron chi connectivity index (χ2n) is 6.62. The first-order chi connectivity index (χ1) is 14.3. The van der Waals surface area contributed by atoms with E-state index in [0.29, 0.717) is 5.69 Å². The number of nitrogens with zero attached hydrogens (tertiary/aromatic N) is 2. The van der Waals surface area contributed by atoms with Gasteiger partial charge >= 0.3 is 6.18 Å². The maximum Gasteiger partial charge on any atom is 0.410 e. The monoisotopic (exact) mass is 516 g/mol. The molecule has 1 aromatic carbocycles. The highest BCUT2D eigenvalue weighted by Crippen LogP contribution is 2.47. The van der Waals surface area contributed by atoms with E-state index in [9.17, 15) is 18.0 Å². The van der Waals surface area contributed by atoms with E-state index >= 15 is 0 Å². The summed E-state index contributed by atoms with van der Waals surface area (Å²) in [5.41, 5.74) is 0.471. The van der Waals surface area contributed by atoms with Crippen LogP contribution in [-0.4, -0.2) is 28.1 Å². The predicted octanol–water partition coefficient (Wildman–Crippen LogP) is 6.34. The number of benzene rings is 1. The zero-order valence-electron chi connectivity index (χ0n) is 15.5. The highest BCUT2D eigenvalue weighted by molar-refractivity contribution is 9.10. The third kappa shape index (κ3) is 3.97. The van der Waals surface area contributed by atoms with Gasteiger partial charge in [0.05, 0.1) is 16.2 Å². The second-order valence-corrected chi connectivity index (χ2v) is 9.24. The van der Waals surface area contributed by atoms with Gasteiger partial charge in [-0.25, -0.2) is 4.68 Å². The van der Waals surface area contributed by atoms with Crippen molar-refractivity contribution in [2.45, 2.75) is 29.6 Å². The summed E-state index contributed by atoms with van der Waals surface area (Å²) in [5, 5.41) is 11.7. The lowest BCUT2D eigenvalue weighted by Gasteiger charge is -2.33. The van der Waals surface area contributed by atoms with Crippen LogP contribution in [0, 0.1) is 0 Å². The van der Waals surface area contributed by atoms with Gasteiger partial charge in [0.2, 0.25) is 0 Å². The summed E-state index contributed by atoms with van der Waals surface area (Å²) in [4.78, 5) is 14.5. The minimum atomic E-state index is -4.50. The average molecular weight is 517 g/mol. The van der Waals surface area contributed by atoms with Gasteiger partial charge in [-0.2, -0.15) is 18.3 Å². The Labute approximate surface area is 187 Å². The summed E-state index contributed by atoms with van der Waals surface area (Å²) in [7, 11) is 0. The summed E-state index contributed by atoms with van der Waals surface area (Å²) in [6.45, 7) is 0. The predicted molar refractivity (Wildman–Crippen MR) is 116 cm³/mol. The largest absolute Gasteiger partial charge is 0.410 e. The molecule has 4 rings (SSSR count). The number of aromatic nitrogens is 2. The van der Waals surface area contributed by atoms with Crippen molar-refractivity contribution in [2.75, 3.05) is 16.9 Å². The van der Waals surface area contributed by atoms with Crippen LogP contribution in [0.15, 0.2) is 51.1 Å². The van der Waals surface area contributed by atoms with Gasteiger partial charge in [0.1, 0.15) is 5.82 Å². The SMILES string of the molecule is CSc1ccccc1NC(=O)c1nn2c(c1Br)N[C@H](c1cccs1)C[C@@H]2C(F)(F)F. The molecule has 1 amide bonds. The topological polar surface area (TPSA) is 59.0 Å². The molecule has 0 saturated heterocycles. The van der Waals surface area contributed by atoms with E-state index in [2.05, 4.69) is 31.7 Å². The zero-order valence-corrected chi connectivity index (χ0v) is 18.8. The lowest BCUT2D eigenvalue weighted by atomic mass is 10.0. The molecule has 2 N–H and O–H groups in total. The summed E-state index contributed by atoms with van der Waals surface area (Å²) >= 11 is 6.14. The summed E-state index contributed by atoms with van der Waals surface area (Å²) < 4.78 is 42.5. The lowest BCUT2D eigenvalue weighted by Crippen LogP contribution is -2.35. The first kappa shape index (κ1) is 21.3. The van der Waals surface area contributed by atoms with Gasteiger partial charge < -0.3 is 10.6 Å². The van der Waals surface area contributed by atoms with Gasteiger partial charge in [0, 0.05) is 16.2 Å². The van der Waals surface area contributed by atoms with Crippen molar-refractivity contribution in [1.82, 2.24) is 9.78 Å². The van der Waals surface area contributed by atoms with Crippen LogP contribution < -0.4 is 10.6 Å². The van der Waals surface area contributed by atoms with E-state index in [4.69, 9.17) is 0 Å². The Morgan fingerprint density at radius 2 is 2.10 bits per heavy atom. The van der Waals surface area contributed by atoms with Gasteiger partial charge in [0.15, 0.2) is 11.7 Å². The zero-order chi connectivity index (χ0) is 21.5. The van der Waals surface area contributed by atoms with Gasteiger partial charge in [-0.3, -0.25) is 4.79 Å². The number of amides is 1. The van der Waals surface area contributed by atoms with Gasteiger partial charge in [-0.05, 0) is 45.8 Å². The van der Waals surface area contributed by atoms with Crippen molar-refractivity contribution in [1.29, 1.82) is 0 Å². The Morgan fingerprint density at radius 3 is 2.77 bits per heavy atom. The third-order valence-electron chi connectivity index (χ3n) is 4.75. The molecule has 3 aromatic rings. The van der Waals surface area contributed by atoms with E-state index in [1.807, 2.05) is 23.8 Å². The van der Waals surface area contributed by atoms with Crippen LogP contribution in [0.3, 0.4) is 0 Å². The van der Waals surface area contributed by atoms with E-state index in [1.165, 1.54) is 23.1 Å². The van der Waals surface area contributed by atoms with Crippen LogP contribution in [0.5, 0.6) is 0 Å². The van der Waals surface area contributed by atoms with Gasteiger partial charge in [-0.1, -0.05) is 18.2 Å². The van der Waals surface area contributed by atoms with Crippen molar-refractivity contribution in [3.8, 4) is 0 Å². The smallest absolute Gasteiger partial charge is 0.362 e. The number of para-hydroxylation sites is 1. The standard InChI is InChI=1S/C19H16BrF3N4OS2/c1-29-12-6-3-2-5-10(12)25-18(28)16-15(20)17-24-11(13-7-4-8-30-13)9-14(19(21,22)23)27(17)26-16/h2-8,11,14,24H,9H2,1H3,(H,25,28)/t11-,14+/m0/s1. The molecule has 0 radical (unpaired) electrons. The fourth-order valence-corrected chi connectivity index (χ4v) is 5.24. The number of carbonyl (C=O) groups excluding carboxylic acids is 1. The molecular weight excluding hydrogens is 501 g/mol. The number of anilines is 2. The van der Waals surface area contributed by atoms with Gasteiger partial charge in [-0.15, -0.1) is 23.1 Å². The lowest BCUT2D eigenvalue weighted by molar-refractivity contribution is -0.173. The van der Waals surface area contributed by atoms with Crippen molar-refractivity contribution in [2.24, 2.45) is 0 Å². The van der Waals surface area contributed by atoms with E-state index in [-0.39, 0.29) is 22.4 Å². The molecule has 0 fully saturated rings. The summed E-state index contributed by atoms with van der Waals surface area (Å²) in [6, 6.07) is 8.43. The maximum absolute atomic E-state index is 13.8. The Balaban J connectivity index is 1.70. The minimum absolute atomic E-state index is 0.102. The molecule has 30 heavy (non-hydrogen) atoms. The Morgan fingerprint density at radius 1 is 1.33 bits per heavy atom. The van der Waals surface area contributed by atoms with Crippen LogP contribution in [0.25, 0.3) is 0 Å².